The first kappa shape index (κ1) is 22.0. The van der Waals surface area contributed by atoms with Crippen molar-refractivity contribution in [3.8, 4) is 0 Å². The molecule has 0 aliphatic carbocycles. The third-order valence-corrected chi connectivity index (χ3v) is 6.49. The van der Waals surface area contributed by atoms with Crippen molar-refractivity contribution in [2.24, 2.45) is 5.92 Å². The van der Waals surface area contributed by atoms with Gasteiger partial charge >= 0.3 is 0 Å². The molecule has 3 heteroatoms. The monoisotopic (exact) mass is 395 g/mol. The second-order valence-corrected chi connectivity index (χ2v) is 9.54. The van der Waals surface area contributed by atoms with Crippen LogP contribution in [0, 0.1) is 5.92 Å². The quantitative estimate of drug-likeness (QED) is 0.719. The Morgan fingerprint density at radius 3 is 1.93 bits per heavy atom. The van der Waals surface area contributed by atoms with Crippen LogP contribution in [0.3, 0.4) is 0 Å². The van der Waals surface area contributed by atoms with E-state index in [-0.39, 0.29) is 17.6 Å². The highest BCUT2D eigenvalue weighted by atomic mass is 16.3. The van der Waals surface area contributed by atoms with Crippen LogP contribution in [0.25, 0.3) is 0 Å². The molecule has 3 nitrogen and oxygen atoms in total. The van der Waals surface area contributed by atoms with Crippen molar-refractivity contribution in [3.05, 3.63) is 71.3 Å². The molecule has 2 aromatic carbocycles. The van der Waals surface area contributed by atoms with Gasteiger partial charge in [0.2, 0.25) is 0 Å². The zero-order chi connectivity index (χ0) is 21.1. The molecule has 0 spiro atoms. The van der Waals surface area contributed by atoms with Crippen LogP contribution < -0.4 is 0 Å². The highest BCUT2D eigenvalue weighted by Gasteiger charge is 2.42. The second-order valence-electron chi connectivity index (χ2n) is 9.54. The SMILES string of the molecule is CCCC(O)N1CCC(C(O)(c2ccccc2)c2ccc(C(C)(C)C)cc2)CC1. The summed E-state index contributed by atoms with van der Waals surface area (Å²) in [5.41, 5.74) is 2.26. The van der Waals surface area contributed by atoms with Gasteiger partial charge in [-0.05, 0) is 47.3 Å². The summed E-state index contributed by atoms with van der Waals surface area (Å²) in [6.07, 6.45) is 3.16. The zero-order valence-electron chi connectivity index (χ0n) is 18.4. The summed E-state index contributed by atoms with van der Waals surface area (Å²) in [6, 6.07) is 18.6. The van der Waals surface area contributed by atoms with Crippen molar-refractivity contribution in [3.63, 3.8) is 0 Å². The maximum absolute atomic E-state index is 12.1. The molecule has 0 aromatic heterocycles. The number of nitrogens with zero attached hydrogens (tertiary/aromatic N) is 1. The number of likely N-dealkylation sites (tertiary alicyclic amines) is 1. The molecule has 0 amide bonds. The number of rotatable bonds is 6. The van der Waals surface area contributed by atoms with E-state index >= 15 is 0 Å². The Morgan fingerprint density at radius 2 is 1.41 bits per heavy atom. The molecule has 0 bridgehead atoms. The minimum atomic E-state index is -1.01. The predicted molar refractivity (Wildman–Crippen MR) is 120 cm³/mol. The Balaban J connectivity index is 1.90. The Kier molecular flexibility index (Phi) is 6.83. The molecule has 2 unspecified atom stereocenters. The molecule has 2 N–H and O–H groups in total. The van der Waals surface area contributed by atoms with E-state index in [2.05, 4.69) is 56.9 Å². The van der Waals surface area contributed by atoms with E-state index in [9.17, 15) is 10.2 Å². The van der Waals surface area contributed by atoms with Gasteiger partial charge in [0.1, 0.15) is 11.8 Å². The maximum atomic E-state index is 12.1. The van der Waals surface area contributed by atoms with Gasteiger partial charge in [-0.2, -0.15) is 0 Å². The molecule has 2 atom stereocenters. The minimum Gasteiger partial charge on any atom is -0.380 e. The molecular formula is C26H37NO2. The molecule has 1 saturated heterocycles. The summed E-state index contributed by atoms with van der Waals surface area (Å²) in [7, 11) is 0. The summed E-state index contributed by atoms with van der Waals surface area (Å²) in [5.74, 6) is 0.121. The van der Waals surface area contributed by atoms with Crippen molar-refractivity contribution < 1.29 is 10.2 Å². The van der Waals surface area contributed by atoms with Gasteiger partial charge in [0.25, 0.3) is 0 Å². The van der Waals surface area contributed by atoms with Crippen molar-refractivity contribution in [1.82, 2.24) is 4.90 Å². The number of benzene rings is 2. The Labute approximate surface area is 176 Å². The zero-order valence-corrected chi connectivity index (χ0v) is 18.4. The van der Waals surface area contributed by atoms with E-state index in [0.29, 0.717) is 0 Å². The number of piperidine rings is 1. The normalized spacial score (nSPS) is 19.7. The lowest BCUT2D eigenvalue weighted by molar-refractivity contribution is -0.0603. The van der Waals surface area contributed by atoms with Gasteiger partial charge in [0.15, 0.2) is 0 Å². The lowest BCUT2D eigenvalue weighted by Gasteiger charge is -2.43. The highest BCUT2D eigenvalue weighted by Crippen LogP contribution is 2.42. The Hall–Kier alpha value is -1.68. The summed E-state index contributed by atoms with van der Waals surface area (Å²) in [4.78, 5) is 2.16. The largest absolute Gasteiger partial charge is 0.380 e. The smallest absolute Gasteiger partial charge is 0.117 e. The molecule has 158 valence electrons. The van der Waals surface area contributed by atoms with Gasteiger partial charge in [0.05, 0.1) is 0 Å². The average Bonchev–Trinajstić information content (AvgIpc) is 2.73. The standard InChI is InChI=1S/C26H37NO2/c1-5-9-24(28)27-18-16-23(17-19-27)26(29,21-10-7-6-8-11-21)22-14-12-20(13-15-22)25(2,3)4/h6-8,10-15,23-24,28-29H,5,9,16-19H2,1-4H3. The Morgan fingerprint density at radius 1 is 0.897 bits per heavy atom. The molecule has 0 radical (unpaired) electrons. The van der Waals surface area contributed by atoms with Crippen LogP contribution in [0.2, 0.25) is 0 Å². The van der Waals surface area contributed by atoms with E-state index in [1.807, 2.05) is 30.3 Å². The van der Waals surface area contributed by atoms with Crippen LogP contribution in [0.1, 0.15) is 70.1 Å². The van der Waals surface area contributed by atoms with E-state index in [0.717, 1.165) is 49.9 Å². The third kappa shape index (κ3) is 4.74. The molecular weight excluding hydrogens is 358 g/mol. The molecule has 1 fully saturated rings. The lowest BCUT2D eigenvalue weighted by Crippen LogP contribution is -2.47. The fourth-order valence-corrected chi connectivity index (χ4v) is 4.61. The first-order chi connectivity index (χ1) is 13.8. The van der Waals surface area contributed by atoms with Crippen LogP contribution in [-0.2, 0) is 11.0 Å². The first-order valence-electron chi connectivity index (χ1n) is 11.1. The van der Waals surface area contributed by atoms with Gasteiger partial charge in [0, 0.05) is 13.1 Å². The number of hydrogen-bond acceptors (Lipinski definition) is 3. The third-order valence-electron chi connectivity index (χ3n) is 6.49. The van der Waals surface area contributed by atoms with Crippen molar-refractivity contribution in [1.29, 1.82) is 0 Å². The molecule has 1 aliphatic heterocycles. The molecule has 3 rings (SSSR count). The second kappa shape index (κ2) is 8.99. The van der Waals surface area contributed by atoms with Crippen LogP contribution >= 0.6 is 0 Å². The molecule has 29 heavy (non-hydrogen) atoms. The van der Waals surface area contributed by atoms with Crippen LogP contribution in [0.15, 0.2) is 54.6 Å². The van der Waals surface area contributed by atoms with Gasteiger partial charge in [-0.3, -0.25) is 4.90 Å². The summed E-state index contributed by atoms with van der Waals surface area (Å²) >= 11 is 0. The topological polar surface area (TPSA) is 43.7 Å². The summed E-state index contributed by atoms with van der Waals surface area (Å²) in [6.45, 7) is 10.4. The predicted octanol–water partition coefficient (Wildman–Crippen LogP) is 5.05. The van der Waals surface area contributed by atoms with E-state index in [1.165, 1.54) is 5.56 Å². The van der Waals surface area contributed by atoms with Gasteiger partial charge < -0.3 is 10.2 Å². The molecule has 2 aromatic rings. The van der Waals surface area contributed by atoms with Gasteiger partial charge in [-0.1, -0.05) is 88.7 Å². The van der Waals surface area contributed by atoms with E-state index in [4.69, 9.17) is 0 Å². The van der Waals surface area contributed by atoms with Gasteiger partial charge in [-0.15, -0.1) is 0 Å². The van der Waals surface area contributed by atoms with Gasteiger partial charge in [-0.25, -0.2) is 0 Å². The summed E-state index contributed by atoms with van der Waals surface area (Å²) < 4.78 is 0. The van der Waals surface area contributed by atoms with Crippen LogP contribution in [0.5, 0.6) is 0 Å². The molecule has 1 heterocycles. The van der Waals surface area contributed by atoms with E-state index < -0.39 is 5.60 Å². The van der Waals surface area contributed by atoms with E-state index in [1.54, 1.807) is 0 Å². The lowest BCUT2D eigenvalue weighted by atomic mass is 9.71. The minimum absolute atomic E-state index is 0.0874. The molecule has 0 saturated carbocycles. The molecule has 1 aliphatic rings. The Bertz CT molecular complexity index is 758. The maximum Gasteiger partial charge on any atom is 0.117 e. The number of aliphatic hydroxyl groups excluding tert-OH is 1. The summed E-state index contributed by atoms with van der Waals surface area (Å²) in [5, 5.41) is 22.5. The average molecular weight is 396 g/mol. The fraction of sp³-hybridized carbons (Fsp3) is 0.538. The van der Waals surface area contributed by atoms with Crippen molar-refractivity contribution in [2.45, 2.75) is 70.6 Å². The van der Waals surface area contributed by atoms with Crippen molar-refractivity contribution >= 4 is 0 Å². The first-order valence-corrected chi connectivity index (χ1v) is 11.1. The fourth-order valence-electron chi connectivity index (χ4n) is 4.61. The van der Waals surface area contributed by atoms with Crippen LogP contribution in [-0.4, -0.2) is 34.4 Å². The van der Waals surface area contributed by atoms with Crippen LogP contribution in [0.4, 0.5) is 0 Å². The number of aliphatic hydroxyl groups is 2. The number of hydrogen-bond donors (Lipinski definition) is 2. The highest BCUT2D eigenvalue weighted by molar-refractivity contribution is 5.39. The van der Waals surface area contributed by atoms with Crippen molar-refractivity contribution in [2.75, 3.05) is 13.1 Å².